The SMILES string of the molecule is NC[C@H]1[C@@H]2C[C@H]2CN1C(=O)c1nc(N)sc1-c1cccc(F)c1. The minimum Gasteiger partial charge on any atom is -0.375 e. The van der Waals surface area contributed by atoms with E-state index in [-0.39, 0.29) is 17.8 Å². The Morgan fingerprint density at radius 2 is 2.30 bits per heavy atom. The topological polar surface area (TPSA) is 85.2 Å². The number of fused-ring (bicyclic) bond motifs is 1. The number of nitrogen functional groups attached to an aromatic ring is 1. The van der Waals surface area contributed by atoms with Gasteiger partial charge < -0.3 is 16.4 Å². The van der Waals surface area contributed by atoms with Crippen LogP contribution >= 0.6 is 11.3 Å². The highest BCUT2D eigenvalue weighted by molar-refractivity contribution is 7.19. The van der Waals surface area contributed by atoms with Crippen LogP contribution in [-0.2, 0) is 0 Å². The number of hydrogen-bond acceptors (Lipinski definition) is 5. The number of likely N-dealkylation sites (tertiary alicyclic amines) is 1. The van der Waals surface area contributed by atoms with Gasteiger partial charge in [0, 0.05) is 19.1 Å². The van der Waals surface area contributed by atoms with Crippen molar-refractivity contribution in [2.45, 2.75) is 12.5 Å². The Morgan fingerprint density at radius 3 is 3.04 bits per heavy atom. The number of amides is 1. The van der Waals surface area contributed by atoms with Crippen LogP contribution in [0.15, 0.2) is 24.3 Å². The quantitative estimate of drug-likeness (QED) is 0.899. The molecule has 4 rings (SSSR count). The standard InChI is InChI=1S/C16H17FN4OS/c17-10-3-1-2-8(4-10)14-13(20-16(19)23-14)15(22)21-7-9-5-11(9)12(21)6-18/h1-4,9,11-12H,5-7,18H2,(H2,19,20)/t9-,11+,12-/m0/s1. The van der Waals surface area contributed by atoms with E-state index >= 15 is 0 Å². The van der Waals surface area contributed by atoms with Crippen molar-refractivity contribution >= 4 is 22.4 Å². The van der Waals surface area contributed by atoms with Crippen molar-refractivity contribution in [2.75, 3.05) is 18.8 Å². The maximum Gasteiger partial charge on any atom is 0.274 e. The molecule has 1 aromatic carbocycles. The number of benzene rings is 1. The molecule has 1 saturated carbocycles. The highest BCUT2D eigenvalue weighted by Gasteiger charge is 2.53. The van der Waals surface area contributed by atoms with Gasteiger partial charge in [0.2, 0.25) is 0 Å². The molecule has 2 aromatic rings. The van der Waals surface area contributed by atoms with E-state index < -0.39 is 0 Å². The van der Waals surface area contributed by atoms with Crippen LogP contribution < -0.4 is 11.5 Å². The summed E-state index contributed by atoms with van der Waals surface area (Å²) in [5.41, 5.74) is 12.6. The zero-order chi connectivity index (χ0) is 16.1. The Balaban J connectivity index is 1.70. The monoisotopic (exact) mass is 332 g/mol. The molecule has 1 aliphatic heterocycles. The summed E-state index contributed by atoms with van der Waals surface area (Å²) < 4.78 is 13.5. The summed E-state index contributed by atoms with van der Waals surface area (Å²) >= 11 is 1.21. The molecule has 0 bridgehead atoms. The number of hydrogen-bond donors (Lipinski definition) is 2. The van der Waals surface area contributed by atoms with Crippen LogP contribution in [0, 0.1) is 17.7 Å². The van der Waals surface area contributed by atoms with Gasteiger partial charge in [0.15, 0.2) is 5.13 Å². The molecule has 2 aliphatic rings. The number of nitrogens with zero attached hydrogens (tertiary/aromatic N) is 2. The largest absolute Gasteiger partial charge is 0.375 e. The van der Waals surface area contributed by atoms with E-state index in [0.29, 0.717) is 39.6 Å². The number of anilines is 1. The van der Waals surface area contributed by atoms with Gasteiger partial charge in [0.05, 0.1) is 4.88 Å². The fourth-order valence-corrected chi connectivity index (χ4v) is 4.37. The van der Waals surface area contributed by atoms with Crippen molar-refractivity contribution in [2.24, 2.45) is 17.6 Å². The molecule has 2 fully saturated rings. The van der Waals surface area contributed by atoms with E-state index in [1.165, 1.54) is 23.5 Å². The van der Waals surface area contributed by atoms with Gasteiger partial charge in [-0.3, -0.25) is 4.79 Å². The predicted molar refractivity (Wildman–Crippen MR) is 87.4 cm³/mol. The summed E-state index contributed by atoms with van der Waals surface area (Å²) in [6.07, 6.45) is 1.15. The minimum atomic E-state index is -0.352. The third kappa shape index (κ3) is 2.40. The Morgan fingerprint density at radius 1 is 1.48 bits per heavy atom. The Hall–Kier alpha value is -1.99. The molecular formula is C16H17FN4OS. The Bertz CT molecular complexity index is 777. The zero-order valence-corrected chi connectivity index (χ0v) is 13.2. The lowest BCUT2D eigenvalue weighted by atomic mass is 10.1. The van der Waals surface area contributed by atoms with Crippen molar-refractivity contribution in [1.82, 2.24) is 9.88 Å². The second-order valence-corrected chi connectivity index (χ2v) is 7.19. The van der Waals surface area contributed by atoms with Crippen molar-refractivity contribution in [3.8, 4) is 10.4 Å². The minimum absolute atomic E-state index is 0.0794. The van der Waals surface area contributed by atoms with Gasteiger partial charge >= 0.3 is 0 Å². The number of rotatable bonds is 3. The summed E-state index contributed by atoms with van der Waals surface area (Å²) in [6.45, 7) is 1.19. The number of aromatic nitrogens is 1. The third-order valence-electron chi connectivity index (χ3n) is 4.74. The fourth-order valence-electron chi connectivity index (χ4n) is 3.55. The molecular weight excluding hydrogens is 315 g/mol. The first kappa shape index (κ1) is 14.6. The van der Waals surface area contributed by atoms with Crippen molar-refractivity contribution in [1.29, 1.82) is 0 Å². The van der Waals surface area contributed by atoms with Crippen LogP contribution in [-0.4, -0.2) is 34.9 Å². The molecule has 23 heavy (non-hydrogen) atoms. The van der Waals surface area contributed by atoms with Crippen LogP contribution in [0.25, 0.3) is 10.4 Å². The van der Waals surface area contributed by atoms with Crippen molar-refractivity contribution < 1.29 is 9.18 Å². The van der Waals surface area contributed by atoms with Gasteiger partial charge in [-0.25, -0.2) is 9.37 Å². The van der Waals surface area contributed by atoms with Crippen LogP contribution in [0.3, 0.4) is 0 Å². The van der Waals surface area contributed by atoms with Gasteiger partial charge in [0.1, 0.15) is 11.5 Å². The highest BCUT2D eigenvalue weighted by atomic mass is 32.1. The molecule has 1 saturated heterocycles. The summed E-state index contributed by atoms with van der Waals surface area (Å²) in [6, 6.07) is 6.22. The molecule has 1 aromatic heterocycles. The lowest BCUT2D eigenvalue weighted by Crippen LogP contribution is -2.43. The molecule has 0 radical (unpaired) electrons. The highest BCUT2D eigenvalue weighted by Crippen LogP contribution is 2.49. The van der Waals surface area contributed by atoms with Gasteiger partial charge in [-0.05, 0) is 36.0 Å². The van der Waals surface area contributed by atoms with Gasteiger partial charge in [-0.2, -0.15) is 0 Å². The number of carbonyl (C=O) groups excluding carboxylic acids is 1. The van der Waals surface area contributed by atoms with Crippen LogP contribution in [0.2, 0.25) is 0 Å². The van der Waals surface area contributed by atoms with E-state index in [9.17, 15) is 9.18 Å². The van der Waals surface area contributed by atoms with Crippen LogP contribution in [0.4, 0.5) is 9.52 Å². The maximum absolute atomic E-state index is 13.5. The van der Waals surface area contributed by atoms with Crippen LogP contribution in [0.5, 0.6) is 0 Å². The average Bonchev–Trinajstić information content (AvgIpc) is 3.03. The predicted octanol–water partition coefficient (Wildman–Crippen LogP) is 1.95. The summed E-state index contributed by atoms with van der Waals surface area (Å²) in [5.74, 6) is 0.591. The number of halogens is 1. The second kappa shape index (κ2) is 5.28. The molecule has 5 nitrogen and oxygen atoms in total. The molecule has 0 unspecified atom stereocenters. The first-order valence-electron chi connectivity index (χ1n) is 7.61. The van der Waals surface area contributed by atoms with E-state index in [1.807, 2.05) is 4.90 Å². The molecule has 2 heterocycles. The number of thiazole rings is 1. The first-order valence-corrected chi connectivity index (χ1v) is 8.43. The first-order chi connectivity index (χ1) is 11.1. The normalized spacial score (nSPS) is 25.5. The Labute approximate surface area is 137 Å². The third-order valence-corrected chi connectivity index (χ3v) is 5.67. The summed E-state index contributed by atoms with van der Waals surface area (Å²) in [5, 5.41) is 0.307. The van der Waals surface area contributed by atoms with E-state index in [4.69, 9.17) is 11.5 Å². The molecule has 1 amide bonds. The smallest absolute Gasteiger partial charge is 0.274 e. The van der Waals surface area contributed by atoms with Gasteiger partial charge in [0.25, 0.3) is 5.91 Å². The molecule has 7 heteroatoms. The number of nitrogens with two attached hydrogens (primary N) is 2. The van der Waals surface area contributed by atoms with Crippen molar-refractivity contribution in [3.63, 3.8) is 0 Å². The molecule has 120 valence electrons. The maximum atomic E-state index is 13.5. The van der Waals surface area contributed by atoms with Crippen LogP contribution in [0.1, 0.15) is 16.9 Å². The lowest BCUT2D eigenvalue weighted by molar-refractivity contribution is 0.0708. The number of piperidine rings is 1. The van der Waals surface area contributed by atoms with E-state index in [0.717, 1.165) is 13.0 Å². The Kier molecular flexibility index (Phi) is 3.35. The zero-order valence-electron chi connectivity index (χ0n) is 12.4. The van der Waals surface area contributed by atoms with Gasteiger partial charge in [-0.1, -0.05) is 23.5 Å². The van der Waals surface area contributed by atoms with Gasteiger partial charge in [-0.15, -0.1) is 0 Å². The average molecular weight is 332 g/mol. The molecule has 3 atom stereocenters. The molecule has 4 N–H and O–H groups in total. The summed E-state index contributed by atoms with van der Waals surface area (Å²) in [4.78, 5) is 19.6. The van der Waals surface area contributed by atoms with E-state index in [1.54, 1.807) is 12.1 Å². The lowest BCUT2D eigenvalue weighted by Gasteiger charge is -2.26. The number of carbonyl (C=O) groups is 1. The summed E-state index contributed by atoms with van der Waals surface area (Å²) in [7, 11) is 0. The van der Waals surface area contributed by atoms with E-state index in [2.05, 4.69) is 4.98 Å². The van der Waals surface area contributed by atoms with Crippen molar-refractivity contribution in [3.05, 3.63) is 35.8 Å². The molecule has 0 spiro atoms. The second-order valence-electron chi connectivity index (χ2n) is 6.16. The fraction of sp³-hybridized carbons (Fsp3) is 0.375. The molecule has 1 aliphatic carbocycles.